The largest absolute Gasteiger partial charge is 0.464 e. The molecule has 0 amide bonds. The van der Waals surface area contributed by atoms with Gasteiger partial charge in [0, 0.05) is 12.8 Å². The lowest BCUT2D eigenvalue weighted by molar-refractivity contribution is -0.201. The van der Waals surface area contributed by atoms with Crippen LogP contribution in [0.2, 0.25) is 0 Å². The molecule has 4 nitrogen and oxygen atoms in total. The molecule has 0 N–H and O–H groups in total. The van der Waals surface area contributed by atoms with E-state index in [1.54, 1.807) is 6.92 Å². The maximum absolute atomic E-state index is 14.2. The summed E-state index contributed by atoms with van der Waals surface area (Å²) in [7, 11) is 0. The lowest BCUT2D eigenvalue weighted by Gasteiger charge is -2.37. The van der Waals surface area contributed by atoms with Crippen molar-refractivity contribution in [1.82, 2.24) is 0 Å². The number of carbonyl (C=O) groups is 1. The second-order valence-electron chi connectivity index (χ2n) is 4.29. The molecule has 2 aliphatic rings. The Morgan fingerprint density at radius 1 is 1.25 bits per heavy atom. The molecule has 1 heterocycles. The van der Waals surface area contributed by atoms with E-state index in [1.165, 1.54) is 0 Å². The van der Waals surface area contributed by atoms with Crippen LogP contribution in [-0.2, 0) is 19.0 Å². The molecule has 1 aliphatic heterocycles. The summed E-state index contributed by atoms with van der Waals surface area (Å²) in [5.41, 5.74) is -1.85. The zero-order valence-electron chi connectivity index (χ0n) is 9.46. The zero-order chi connectivity index (χ0) is 11.6. The van der Waals surface area contributed by atoms with Gasteiger partial charge in [0.1, 0.15) is 0 Å². The average Bonchev–Trinajstić information content (AvgIpc) is 2.73. The third-order valence-corrected chi connectivity index (χ3v) is 3.26. The fourth-order valence-corrected chi connectivity index (χ4v) is 2.28. The van der Waals surface area contributed by atoms with Crippen LogP contribution in [-0.4, -0.2) is 37.2 Å². The van der Waals surface area contributed by atoms with Crippen molar-refractivity contribution >= 4 is 5.97 Å². The van der Waals surface area contributed by atoms with E-state index in [-0.39, 0.29) is 19.4 Å². The molecule has 1 spiro atoms. The summed E-state index contributed by atoms with van der Waals surface area (Å²) >= 11 is 0. The molecule has 0 aromatic carbocycles. The number of hydrogen-bond donors (Lipinski definition) is 0. The summed E-state index contributed by atoms with van der Waals surface area (Å²) in [6, 6.07) is 0. The van der Waals surface area contributed by atoms with Crippen molar-refractivity contribution in [1.29, 1.82) is 0 Å². The average molecular weight is 232 g/mol. The fraction of sp³-hybridized carbons (Fsp3) is 0.909. The highest BCUT2D eigenvalue weighted by molar-refractivity contribution is 5.79. The number of hydrogen-bond acceptors (Lipinski definition) is 4. The van der Waals surface area contributed by atoms with E-state index >= 15 is 0 Å². The third kappa shape index (κ3) is 2.06. The number of alkyl halides is 1. The molecule has 0 unspecified atom stereocenters. The SMILES string of the molecule is CCOC(=O)C1(F)CCC2(CC1)OCCO2. The minimum absolute atomic E-state index is 0.117. The second kappa shape index (κ2) is 4.30. The van der Waals surface area contributed by atoms with Gasteiger partial charge in [-0.2, -0.15) is 0 Å². The van der Waals surface area contributed by atoms with E-state index in [9.17, 15) is 9.18 Å². The Labute approximate surface area is 94.0 Å². The minimum Gasteiger partial charge on any atom is -0.464 e. The Balaban J connectivity index is 1.95. The predicted octanol–water partition coefficient (Wildman–Crippen LogP) is 1.57. The number of carbonyl (C=O) groups excluding carboxylic acids is 1. The highest BCUT2D eigenvalue weighted by atomic mass is 19.1. The molecule has 0 aromatic rings. The normalized spacial score (nSPS) is 26.9. The van der Waals surface area contributed by atoms with Crippen molar-refractivity contribution in [2.75, 3.05) is 19.8 Å². The van der Waals surface area contributed by atoms with Crippen molar-refractivity contribution in [2.24, 2.45) is 0 Å². The van der Waals surface area contributed by atoms with Gasteiger partial charge in [-0.15, -0.1) is 0 Å². The molecule has 16 heavy (non-hydrogen) atoms. The molecular formula is C11H17FO4. The first-order valence-corrected chi connectivity index (χ1v) is 5.74. The van der Waals surface area contributed by atoms with Crippen LogP contribution in [0.15, 0.2) is 0 Å². The van der Waals surface area contributed by atoms with Crippen LogP contribution in [0.3, 0.4) is 0 Å². The summed E-state index contributed by atoms with van der Waals surface area (Å²) in [6.45, 7) is 2.99. The summed E-state index contributed by atoms with van der Waals surface area (Å²) in [5, 5.41) is 0. The molecule has 1 aliphatic carbocycles. The van der Waals surface area contributed by atoms with Gasteiger partial charge in [-0.3, -0.25) is 0 Å². The molecule has 2 fully saturated rings. The Kier molecular flexibility index (Phi) is 3.17. The van der Waals surface area contributed by atoms with Gasteiger partial charge in [-0.05, 0) is 19.8 Å². The lowest BCUT2D eigenvalue weighted by atomic mass is 9.82. The molecule has 92 valence electrons. The summed E-state index contributed by atoms with van der Waals surface area (Å²) < 4.78 is 29.9. The molecule has 0 radical (unpaired) electrons. The van der Waals surface area contributed by atoms with E-state index in [4.69, 9.17) is 14.2 Å². The maximum atomic E-state index is 14.2. The van der Waals surface area contributed by atoms with Gasteiger partial charge in [0.05, 0.1) is 19.8 Å². The molecular weight excluding hydrogens is 215 g/mol. The molecule has 1 saturated heterocycles. The van der Waals surface area contributed by atoms with Gasteiger partial charge in [0.15, 0.2) is 5.79 Å². The van der Waals surface area contributed by atoms with Gasteiger partial charge < -0.3 is 14.2 Å². The number of ether oxygens (including phenoxy) is 3. The second-order valence-corrected chi connectivity index (χ2v) is 4.29. The van der Waals surface area contributed by atoms with Gasteiger partial charge in [-0.1, -0.05) is 0 Å². The Morgan fingerprint density at radius 3 is 2.31 bits per heavy atom. The molecule has 2 rings (SSSR count). The van der Waals surface area contributed by atoms with Crippen molar-refractivity contribution in [3.8, 4) is 0 Å². The number of esters is 1. The first-order chi connectivity index (χ1) is 7.60. The first-order valence-electron chi connectivity index (χ1n) is 5.74. The molecule has 1 saturated carbocycles. The van der Waals surface area contributed by atoms with Crippen LogP contribution in [0, 0.1) is 0 Å². The van der Waals surface area contributed by atoms with Crippen molar-refractivity contribution in [2.45, 2.75) is 44.1 Å². The van der Waals surface area contributed by atoms with Crippen LogP contribution >= 0.6 is 0 Å². The smallest absolute Gasteiger partial charge is 0.343 e. The van der Waals surface area contributed by atoms with Crippen molar-refractivity contribution in [3.05, 3.63) is 0 Å². The van der Waals surface area contributed by atoms with Crippen LogP contribution in [0.5, 0.6) is 0 Å². The first kappa shape index (κ1) is 11.8. The minimum atomic E-state index is -1.85. The summed E-state index contributed by atoms with van der Waals surface area (Å²) in [6.07, 6.45) is 1.07. The highest BCUT2D eigenvalue weighted by Gasteiger charge is 2.51. The van der Waals surface area contributed by atoms with Gasteiger partial charge in [0.2, 0.25) is 5.67 Å². The summed E-state index contributed by atoms with van der Waals surface area (Å²) in [4.78, 5) is 11.4. The van der Waals surface area contributed by atoms with Gasteiger partial charge in [-0.25, -0.2) is 9.18 Å². The fourth-order valence-electron chi connectivity index (χ4n) is 2.28. The Morgan fingerprint density at radius 2 is 1.81 bits per heavy atom. The Bertz CT molecular complexity index is 263. The van der Waals surface area contributed by atoms with Crippen molar-refractivity contribution < 1.29 is 23.4 Å². The topological polar surface area (TPSA) is 44.8 Å². The van der Waals surface area contributed by atoms with E-state index in [0.29, 0.717) is 26.1 Å². The maximum Gasteiger partial charge on any atom is 0.343 e. The number of rotatable bonds is 2. The molecule has 0 bridgehead atoms. The predicted molar refractivity (Wildman–Crippen MR) is 53.6 cm³/mol. The van der Waals surface area contributed by atoms with Crippen molar-refractivity contribution in [3.63, 3.8) is 0 Å². The van der Waals surface area contributed by atoms with Crippen LogP contribution < -0.4 is 0 Å². The zero-order valence-corrected chi connectivity index (χ0v) is 9.46. The van der Waals surface area contributed by atoms with Crippen LogP contribution in [0.4, 0.5) is 4.39 Å². The van der Waals surface area contributed by atoms with Gasteiger partial charge >= 0.3 is 5.97 Å². The Hall–Kier alpha value is -0.680. The highest BCUT2D eigenvalue weighted by Crippen LogP contribution is 2.42. The van der Waals surface area contributed by atoms with E-state index in [1.807, 2.05) is 0 Å². The third-order valence-electron chi connectivity index (χ3n) is 3.26. The molecule has 0 aromatic heterocycles. The van der Waals surface area contributed by atoms with E-state index in [0.717, 1.165) is 0 Å². The van der Waals surface area contributed by atoms with Crippen LogP contribution in [0.25, 0.3) is 0 Å². The quantitative estimate of drug-likeness (QED) is 0.678. The number of halogens is 1. The lowest BCUT2D eigenvalue weighted by Crippen LogP contribution is -2.46. The van der Waals surface area contributed by atoms with E-state index in [2.05, 4.69) is 0 Å². The van der Waals surface area contributed by atoms with E-state index < -0.39 is 17.4 Å². The molecule has 0 atom stereocenters. The van der Waals surface area contributed by atoms with Gasteiger partial charge in [0.25, 0.3) is 0 Å². The molecule has 5 heteroatoms. The summed E-state index contributed by atoms with van der Waals surface area (Å²) in [5.74, 6) is -1.38. The monoisotopic (exact) mass is 232 g/mol. The van der Waals surface area contributed by atoms with Crippen LogP contribution in [0.1, 0.15) is 32.6 Å². The standard InChI is InChI=1S/C11H17FO4/c1-2-14-9(13)10(12)3-5-11(6-4-10)15-7-8-16-11/h2-8H2,1H3.